The van der Waals surface area contributed by atoms with Gasteiger partial charge in [0, 0.05) is 44.0 Å². The number of fused-ring (bicyclic) bond motifs is 1. The third-order valence-electron chi connectivity index (χ3n) is 7.50. The van der Waals surface area contributed by atoms with Gasteiger partial charge in [0.1, 0.15) is 5.75 Å². The molecule has 34 heavy (non-hydrogen) atoms. The fraction of sp³-hybridized carbons (Fsp3) is 0.600. The number of nitriles is 1. The molecule has 2 heterocycles. The number of hydrazine groups is 1. The lowest BCUT2D eigenvalue weighted by atomic mass is 9.97. The summed E-state index contributed by atoms with van der Waals surface area (Å²) < 4.78 is 5.95. The summed E-state index contributed by atoms with van der Waals surface area (Å²) in [6.07, 6.45) is 2.06. The molecule has 1 aromatic carbocycles. The number of nitrogens with zero attached hydrogens (tertiary/aromatic N) is 4. The van der Waals surface area contributed by atoms with Gasteiger partial charge in [-0.1, -0.05) is 13.8 Å². The van der Waals surface area contributed by atoms with Gasteiger partial charge < -0.3 is 21.1 Å². The largest absolute Gasteiger partial charge is 0.483 e. The van der Waals surface area contributed by atoms with Gasteiger partial charge in [-0.2, -0.15) is 5.26 Å². The maximum absolute atomic E-state index is 12.9. The Kier molecular flexibility index (Phi) is 7.03. The standard InChI is InChI=1S/C25H36N6O3/c1-15(2)21-7-17(9-26)16(3)6-24(21)34-14-25(32)29-10-18-12-30(13-19(18)11-29)31(33)20-4-5-22(27)23(28)8-20/h6-7,15,18-20,33H,4-5,8,10-14,27-28H2,1-3H3/t18?,19?,20-/m1/s1. The normalized spacial score (nSPS) is 25.2. The summed E-state index contributed by atoms with van der Waals surface area (Å²) in [6, 6.07) is 5.88. The Labute approximate surface area is 201 Å². The Morgan fingerprint density at radius 1 is 1.24 bits per heavy atom. The number of hydrogen-bond donors (Lipinski definition) is 3. The zero-order valence-electron chi connectivity index (χ0n) is 20.3. The molecular formula is C25H36N6O3. The second-order valence-corrected chi connectivity index (χ2v) is 10.2. The molecule has 0 bridgehead atoms. The van der Waals surface area contributed by atoms with E-state index >= 15 is 0 Å². The highest BCUT2D eigenvalue weighted by molar-refractivity contribution is 5.78. The topological polar surface area (TPSA) is 132 Å². The number of hydrogen-bond acceptors (Lipinski definition) is 8. The SMILES string of the molecule is Cc1cc(OCC(=O)N2CC3CN(N(O)[C@@H]4CCC(N)=C(N)C4)CC3C2)c(C(C)C)cc1C#N. The van der Waals surface area contributed by atoms with Crippen molar-refractivity contribution in [1.29, 1.82) is 5.26 Å². The van der Waals surface area contributed by atoms with E-state index in [0.717, 1.165) is 23.2 Å². The number of hydroxylamine groups is 1. The predicted octanol–water partition coefficient (Wildman–Crippen LogP) is 2.05. The van der Waals surface area contributed by atoms with Crippen LogP contribution in [0, 0.1) is 30.1 Å². The molecule has 2 aliphatic heterocycles. The van der Waals surface area contributed by atoms with Crippen LogP contribution in [0.2, 0.25) is 0 Å². The van der Waals surface area contributed by atoms with Crippen LogP contribution in [-0.4, -0.2) is 65.0 Å². The minimum atomic E-state index is -0.0525. The van der Waals surface area contributed by atoms with Crippen molar-refractivity contribution >= 4 is 5.91 Å². The number of benzene rings is 1. The summed E-state index contributed by atoms with van der Waals surface area (Å²) in [5.74, 6) is 1.47. The summed E-state index contributed by atoms with van der Waals surface area (Å²) in [5.41, 5.74) is 15.7. The average molecular weight is 469 g/mol. The van der Waals surface area contributed by atoms with Gasteiger partial charge in [-0.25, -0.2) is 5.01 Å². The summed E-state index contributed by atoms with van der Waals surface area (Å²) in [5, 5.41) is 23.4. The lowest BCUT2D eigenvalue weighted by Crippen LogP contribution is -2.48. The van der Waals surface area contributed by atoms with E-state index in [1.54, 1.807) is 0 Å². The molecule has 3 atom stereocenters. The molecule has 9 nitrogen and oxygen atoms in total. The van der Waals surface area contributed by atoms with Crippen LogP contribution in [0.25, 0.3) is 0 Å². The lowest BCUT2D eigenvalue weighted by Gasteiger charge is -2.36. The zero-order chi connectivity index (χ0) is 24.6. The van der Waals surface area contributed by atoms with Crippen LogP contribution in [0.15, 0.2) is 23.5 Å². The second kappa shape index (κ2) is 9.82. The van der Waals surface area contributed by atoms with Gasteiger partial charge in [0.2, 0.25) is 0 Å². The van der Waals surface area contributed by atoms with Crippen molar-refractivity contribution in [2.24, 2.45) is 23.3 Å². The molecule has 1 aromatic rings. The van der Waals surface area contributed by atoms with E-state index in [2.05, 4.69) is 6.07 Å². The minimum Gasteiger partial charge on any atom is -0.483 e. The first-order valence-corrected chi connectivity index (χ1v) is 12.1. The highest BCUT2D eigenvalue weighted by atomic mass is 16.6. The van der Waals surface area contributed by atoms with Crippen molar-refractivity contribution in [3.8, 4) is 11.8 Å². The molecule has 2 fully saturated rings. The number of allylic oxidation sites excluding steroid dienone is 1. The van der Waals surface area contributed by atoms with Crippen molar-refractivity contribution in [3.63, 3.8) is 0 Å². The Balaban J connectivity index is 1.31. The van der Waals surface area contributed by atoms with E-state index in [9.17, 15) is 15.3 Å². The molecule has 5 N–H and O–H groups in total. The minimum absolute atomic E-state index is 0.0184. The van der Waals surface area contributed by atoms with Crippen molar-refractivity contribution < 1.29 is 14.7 Å². The van der Waals surface area contributed by atoms with Crippen LogP contribution in [0.1, 0.15) is 55.7 Å². The third-order valence-corrected chi connectivity index (χ3v) is 7.50. The monoisotopic (exact) mass is 468 g/mol. The number of rotatable bonds is 6. The molecule has 2 saturated heterocycles. The van der Waals surface area contributed by atoms with Crippen molar-refractivity contribution in [3.05, 3.63) is 40.2 Å². The Morgan fingerprint density at radius 2 is 1.91 bits per heavy atom. The predicted molar refractivity (Wildman–Crippen MR) is 127 cm³/mol. The first kappa shape index (κ1) is 24.3. The van der Waals surface area contributed by atoms with Crippen molar-refractivity contribution in [1.82, 2.24) is 15.1 Å². The summed E-state index contributed by atoms with van der Waals surface area (Å²) in [6.45, 7) is 8.72. The van der Waals surface area contributed by atoms with E-state index in [0.29, 0.717) is 67.9 Å². The number of carbonyl (C=O) groups is 1. The van der Waals surface area contributed by atoms with Crippen LogP contribution < -0.4 is 16.2 Å². The molecule has 9 heteroatoms. The maximum atomic E-state index is 12.9. The number of carbonyl (C=O) groups excluding carboxylic acids is 1. The highest BCUT2D eigenvalue weighted by Gasteiger charge is 2.44. The van der Waals surface area contributed by atoms with Crippen LogP contribution in [0.4, 0.5) is 0 Å². The van der Waals surface area contributed by atoms with Crippen molar-refractivity contribution in [2.75, 3.05) is 32.8 Å². The number of aryl methyl sites for hydroxylation is 1. The molecule has 4 rings (SSSR count). The lowest BCUT2D eigenvalue weighted by molar-refractivity contribution is -0.268. The van der Waals surface area contributed by atoms with Gasteiger partial charge in [-0.3, -0.25) is 10.0 Å². The van der Waals surface area contributed by atoms with Crippen molar-refractivity contribution in [2.45, 2.75) is 52.0 Å². The fourth-order valence-electron chi connectivity index (χ4n) is 5.36. The molecule has 0 saturated carbocycles. The van der Waals surface area contributed by atoms with Gasteiger partial charge in [-0.15, -0.1) is 5.17 Å². The number of amides is 1. The van der Waals surface area contributed by atoms with E-state index in [1.165, 1.54) is 5.17 Å². The summed E-state index contributed by atoms with van der Waals surface area (Å²) in [7, 11) is 0. The summed E-state index contributed by atoms with van der Waals surface area (Å²) in [4.78, 5) is 14.8. The quantitative estimate of drug-likeness (QED) is 0.541. The first-order chi connectivity index (χ1) is 16.2. The molecular weight excluding hydrogens is 432 g/mol. The third kappa shape index (κ3) is 4.85. The Morgan fingerprint density at radius 3 is 2.50 bits per heavy atom. The molecule has 0 spiro atoms. The number of ether oxygens (including phenoxy) is 1. The van der Waals surface area contributed by atoms with Gasteiger partial charge in [0.25, 0.3) is 5.91 Å². The fourth-order valence-corrected chi connectivity index (χ4v) is 5.36. The zero-order valence-corrected chi connectivity index (χ0v) is 20.3. The molecule has 3 aliphatic rings. The maximum Gasteiger partial charge on any atom is 0.260 e. The number of nitrogens with two attached hydrogens (primary N) is 2. The first-order valence-electron chi connectivity index (χ1n) is 12.1. The second-order valence-electron chi connectivity index (χ2n) is 10.2. The van der Waals surface area contributed by atoms with Gasteiger partial charge in [0.15, 0.2) is 6.61 Å². The highest BCUT2D eigenvalue weighted by Crippen LogP contribution is 2.34. The average Bonchev–Trinajstić information content (AvgIpc) is 3.38. The van der Waals surface area contributed by atoms with Crippen LogP contribution in [0.3, 0.4) is 0 Å². The summed E-state index contributed by atoms with van der Waals surface area (Å²) >= 11 is 0. The van der Waals surface area contributed by atoms with Crippen LogP contribution in [0.5, 0.6) is 5.75 Å². The van der Waals surface area contributed by atoms with E-state index in [-0.39, 0.29) is 24.5 Å². The Hall–Kier alpha value is -2.80. The van der Waals surface area contributed by atoms with Crippen LogP contribution in [-0.2, 0) is 4.79 Å². The van der Waals surface area contributed by atoms with Crippen LogP contribution >= 0.6 is 0 Å². The van der Waals surface area contributed by atoms with E-state index in [4.69, 9.17) is 16.2 Å². The molecule has 184 valence electrons. The van der Waals surface area contributed by atoms with Gasteiger partial charge in [0.05, 0.1) is 17.7 Å². The molecule has 1 amide bonds. The smallest absolute Gasteiger partial charge is 0.260 e. The molecule has 0 radical (unpaired) electrons. The van der Waals surface area contributed by atoms with E-state index < -0.39 is 0 Å². The molecule has 2 unspecified atom stereocenters. The molecule has 1 aliphatic carbocycles. The van der Waals surface area contributed by atoms with E-state index in [1.807, 2.05) is 42.8 Å². The van der Waals surface area contributed by atoms with Gasteiger partial charge >= 0.3 is 0 Å². The van der Waals surface area contributed by atoms with Gasteiger partial charge in [-0.05, 0) is 60.8 Å². The molecule has 0 aromatic heterocycles. The Bertz CT molecular complexity index is 1000. The number of likely N-dealkylation sites (tertiary alicyclic amines) is 1.